The lowest BCUT2D eigenvalue weighted by Gasteiger charge is -2.39. The number of methoxy groups -OCH3 is 1. The van der Waals surface area contributed by atoms with Crippen LogP contribution in [-0.4, -0.2) is 56.0 Å². The summed E-state index contributed by atoms with van der Waals surface area (Å²) in [5.41, 5.74) is -0.469. The van der Waals surface area contributed by atoms with Crippen LogP contribution < -0.4 is 0 Å². The van der Waals surface area contributed by atoms with Gasteiger partial charge in [0.25, 0.3) is 0 Å². The molecule has 0 saturated carbocycles. The van der Waals surface area contributed by atoms with Crippen LogP contribution in [0, 0.1) is 5.92 Å². The van der Waals surface area contributed by atoms with Crippen LogP contribution in [0.15, 0.2) is 0 Å². The van der Waals surface area contributed by atoms with Gasteiger partial charge in [-0.3, -0.25) is 0 Å². The molecule has 0 bridgehead atoms. The number of esters is 1. The summed E-state index contributed by atoms with van der Waals surface area (Å²) in [6.45, 7) is 7.13. The minimum atomic E-state index is -0.469. The first-order valence-corrected chi connectivity index (χ1v) is 5.94. The Morgan fingerprint density at radius 1 is 1.28 bits per heavy atom. The van der Waals surface area contributed by atoms with E-state index < -0.39 is 11.6 Å². The van der Waals surface area contributed by atoms with E-state index in [9.17, 15) is 9.59 Å². The quantitative estimate of drug-likeness (QED) is 0.706. The number of carbonyl (C=O) groups is 2. The number of amides is 1. The molecule has 1 rings (SSSR count). The van der Waals surface area contributed by atoms with E-state index >= 15 is 0 Å². The Labute approximate surface area is 107 Å². The summed E-state index contributed by atoms with van der Waals surface area (Å²) < 4.78 is 14.8. The van der Waals surface area contributed by atoms with Crippen molar-refractivity contribution in [2.75, 3.05) is 33.4 Å². The maximum atomic E-state index is 11.6. The molecule has 0 spiro atoms. The van der Waals surface area contributed by atoms with E-state index in [2.05, 4.69) is 4.74 Å². The summed E-state index contributed by atoms with van der Waals surface area (Å²) in [6, 6.07) is 0. The largest absolute Gasteiger partial charge is 0.467 e. The molecule has 0 unspecified atom stereocenters. The second-order valence-corrected chi connectivity index (χ2v) is 5.34. The number of hydrogen-bond donors (Lipinski definition) is 0. The van der Waals surface area contributed by atoms with Crippen LogP contribution in [0.3, 0.4) is 0 Å². The maximum Gasteiger partial charge on any atom is 0.410 e. The van der Waals surface area contributed by atoms with E-state index in [-0.39, 0.29) is 18.6 Å². The Morgan fingerprint density at radius 3 is 2.39 bits per heavy atom. The fourth-order valence-electron chi connectivity index (χ4n) is 1.52. The first-order chi connectivity index (χ1) is 8.31. The molecule has 6 heteroatoms. The lowest BCUT2D eigenvalue weighted by molar-refractivity contribution is -0.147. The van der Waals surface area contributed by atoms with E-state index in [1.807, 2.05) is 20.8 Å². The third kappa shape index (κ3) is 4.91. The van der Waals surface area contributed by atoms with Gasteiger partial charge in [-0.05, 0) is 20.8 Å². The van der Waals surface area contributed by atoms with Crippen molar-refractivity contribution < 1.29 is 23.8 Å². The van der Waals surface area contributed by atoms with E-state index in [0.717, 1.165) is 0 Å². The van der Waals surface area contributed by atoms with Crippen LogP contribution in [0.1, 0.15) is 20.8 Å². The van der Waals surface area contributed by atoms with Crippen LogP contribution in [0.25, 0.3) is 0 Å². The van der Waals surface area contributed by atoms with Gasteiger partial charge in [-0.25, -0.2) is 9.59 Å². The maximum absolute atomic E-state index is 11.6. The van der Waals surface area contributed by atoms with Gasteiger partial charge in [0.2, 0.25) is 0 Å². The van der Waals surface area contributed by atoms with Gasteiger partial charge in [0, 0.05) is 19.0 Å². The molecule has 0 aromatic carbocycles. The van der Waals surface area contributed by atoms with E-state index in [4.69, 9.17) is 9.47 Å². The van der Waals surface area contributed by atoms with Gasteiger partial charge in [0.15, 0.2) is 0 Å². The smallest absolute Gasteiger partial charge is 0.410 e. The molecule has 6 nitrogen and oxygen atoms in total. The van der Waals surface area contributed by atoms with E-state index in [0.29, 0.717) is 19.7 Å². The molecule has 0 atom stereocenters. The fourth-order valence-corrected chi connectivity index (χ4v) is 1.52. The molecule has 104 valence electrons. The van der Waals surface area contributed by atoms with Gasteiger partial charge in [0.05, 0.1) is 13.7 Å². The van der Waals surface area contributed by atoms with Crippen molar-refractivity contribution in [1.82, 2.24) is 4.90 Å². The Balaban J connectivity index is 2.12. The molecular formula is C12H21NO5. The summed E-state index contributed by atoms with van der Waals surface area (Å²) in [5.74, 6) is -0.125. The Bertz CT molecular complexity index is 304. The van der Waals surface area contributed by atoms with Crippen molar-refractivity contribution in [2.45, 2.75) is 26.4 Å². The lowest BCUT2D eigenvalue weighted by Crippen LogP contribution is -2.53. The van der Waals surface area contributed by atoms with Gasteiger partial charge in [-0.2, -0.15) is 0 Å². The summed E-state index contributed by atoms with van der Waals surface area (Å²) in [7, 11) is 1.32. The normalized spacial score (nSPS) is 16.1. The monoisotopic (exact) mass is 259 g/mol. The zero-order valence-electron chi connectivity index (χ0n) is 11.4. The molecule has 0 radical (unpaired) electrons. The van der Waals surface area contributed by atoms with Gasteiger partial charge in [-0.1, -0.05) is 0 Å². The van der Waals surface area contributed by atoms with Crippen LogP contribution in [0.2, 0.25) is 0 Å². The number of nitrogens with zero attached hydrogens (tertiary/aromatic N) is 1. The molecule has 1 aliphatic heterocycles. The van der Waals surface area contributed by atoms with Crippen LogP contribution in [0.5, 0.6) is 0 Å². The van der Waals surface area contributed by atoms with Crippen molar-refractivity contribution in [1.29, 1.82) is 0 Å². The molecule has 0 aromatic rings. The summed E-state index contributed by atoms with van der Waals surface area (Å²) >= 11 is 0. The molecule has 0 N–H and O–H groups in total. The van der Waals surface area contributed by atoms with E-state index in [1.54, 1.807) is 4.90 Å². The predicted octanol–water partition coefficient (Wildman–Crippen LogP) is 1.04. The number of hydrogen-bond acceptors (Lipinski definition) is 5. The molecule has 0 aliphatic carbocycles. The SMILES string of the molecule is COC(=O)COCC1CN(C(=O)OC(C)(C)C)C1. The highest BCUT2D eigenvalue weighted by molar-refractivity contribution is 5.70. The molecule has 0 aromatic heterocycles. The number of rotatable bonds is 4. The Morgan fingerprint density at radius 2 is 1.89 bits per heavy atom. The number of carbonyl (C=O) groups excluding carboxylic acids is 2. The van der Waals surface area contributed by atoms with Crippen molar-refractivity contribution in [3.63, 3.8) is 0 Å². The van der Waals surface area contributed by atoms with Gasteiger partial charge >= 0.3 is 12.1 Å². The van der Waals surface area contributed by atoms with Crippen molar-refractivity contribution in [3.05, 3.63) is 0 Å². The second-order valence-electron chi connectivity index (χ2n) is 5.34. The lowest BCUT2D eigenvalue weighted by atomic mass is 10.0. The standard InChI is InChI=1S/C12H21NO5/c1-12(2,3)18-11(15)13-5-9(6-13)7-17-8-10(14)16-4/h9H,5-8H2,1-4H3. The summed E-state index contributed by atoms with van der Waals surface area (Å²) in [5, 5.41) is 0. The Kier molecular flexibility index (Phi) is 4.95. The van der Waals surface area contributed by atoms with Gasteiger partial charge in [0.1, 0.15) is 12.2 Å². The van der Waals surface area contributed by atoms with Gasteiger partial charge in [-0.15, -0.1) is 0 Å². The van der Waals surface area contributed by atoms with Crippen molar-refractivity contribution in [3.8, 4) is 0 Å². The molecular weight excluding hydrogens is 238 g/mol. The molecule has 1 heterocycles. The van der Waals surface area contributed by atoms with Crippen LogP contribution in [-0.2, 0) is 19.0 Å². The molecule has 1 aliphatic rings. The highest BCUT2D eigenvalue weighted by Crippen LogP contribution is 2.19. The Hall–Kier alpha value is -1.30. The first-order valence-electron chi connectivity index (χ1n) is 5.94. The summed E-state index contributed by atoms with van der Waals surface area (Å²) in [4.78, 5) is 24.0. The van der Waals surface area contributed by atoms with Crippen LogP contribution >= 0.6 is 0 Å². The van der Waals surface area contributed by atoms with Crippen LogP contribution in [0.4, 0.5) is 4.79 Å². The third-order valence-corrected chi connectivity index (χ3v) is 2.41. The van der Waals surface area contributed by atoms with Crippen molar-refractivity contribution in [2.24, 2.45) is 5.92 Å². The minimum Gasteiger partial charge on any atom is -0.467 e. The third-order valence-electron chi connectivity index (χ3n) is 2.41. The number of ether oxygens (including phenoxy) is 3. The molecule has 1 amide bonds. The first kappa shape index (κ1) is 14.8. The zero-order valence-corrected chi connectivity index (χ0v) is 11.4. The summed E-state index contributed by atoms with van der Waals surface area (Å²) in [6.07, 6.45) is -0.299. The molecule has 1 fully saturated rings. The zero-order chi connectivity index (χ0) is 13.8. The molecule has 1 saturated heterocycles. The van der Waals surface area contributed by atoms with E-state index in [1.165, 1.54) is 7.11 Å². The van der Waals surface area contributed by atoms with Gasteiger partial charge < -0.3 is 19.1 Å². The highest BCUT2D eigenvalue weighted by Gasteiger charge is 2.33. The topological polar surface area (TPSA) is 65.1 Å². The van der Waals surface area contributed by atoms with Crippen molar-refractivity contribution >= 4 is 12.1 Å². The average Bonchev–Trinajstić information content (AvgIpc) is 2.17. The highest BCUT2D eigenvalue weighted by atomic mass is 16.6. The second kappa shape index (κ2) is 6.04. The average molecular weight is 259 g/mol. The molecule has 18 heavy (non-hydrogen) atoms. The minimum absolute atomic E-state index is 0.0422. The predicted molar refractivity (Wildman–Crippen MR) is 64.1 cm³/mol. The number of likely N-dealkylation sites (tertiary alicyclic amines) is 1. The fraction of sp³-hybridized carbons (Fsp3) is 0.833.